The van der Waals surface area contributed by atoms with Crippen molar-refractivity contribution in [3.8, 4) is 17.1 Å². The van der Waals surface area contributed by atoms with Crippen LogP contribution in [0.4, 0.5) is 28.9 Å². The molecule has 2 N–H and O–H groups in total. The number of amides is 1. The zero-order valence-corrected chi connectivity index (χ0v) is 28.1. The first kappa shape index (κ1) is 31.6. The number of fused-ring (bicyclic) bond motifs is 3. The summed E-state index contributed by atoms with van der Waals surface area (Å²) in [6, 6.07) is 3.84. The average Bonchev–Trinajstić information content (AvgIpc) is 3.88. The van der Waals surface area contributed by atoms with Crippen LogP contribution in [0.2, 0.25) is 5.02 Å². The van der Waals surface area contributed by atoms with Gasteiger partial charge in [0.1, 0.15) is 48.2 Å². The van der Waals surface area contributed by atoms with E-state index in [-0.39, 0.29) is 55.7 Å². The summed E-state index contributed by atoms with van der Waals surface area (Å²) < 4.78 is 59.9. The molecule has 0 unspecified atom stereocenters. The molecule has 2 aromatic carbocycles. The van der Waals surface area contributed by atoms with Crippen LogP contribution in [0.5, 0.6) is 6.01 Å². The summed E-state index contributed by atoms with van der Waals surface area (Å²) in [5.74, 6) is -0.930. The second kappa shape index (κ2) is 11.6. The van der Waals surface area contributed by atoms with Crippen LogP contribution < -0.4 is 15.4 Å². The van der Waals surface area contributed by atoms with Gasteiger partial charge in [0.05, 0.1) is 47.0 Å². The van der Waals surface area contributed by atoms with Gasteiger partial charge in [0.25, 0.3) is 0 Å². The van der Waals surface area contributed by atoms with Crippen LogP contribution in [0.15, 0.2) is 30.9 Å². The van der Waals surface area contributed by atoms with E-state index >= 15 is 4.39 Å². The Labute approximate surface area is 291 Å². The number of halogens is 4. The predicted octanol–water partition coefficient (Wildman–Crippen LogP) is 4.53. The van der Waals surface area contributed by atoms with Crippen molar-refractivity contribution in [3.05, 3.63) is 47.5 Å². The van der Waals surface area contributed by atoms with E-state index in [1.54, 1.807) is 11.0 Å². The highest BCUT2D eigenvalue weighted by atomic mass is 35.5. The summed E-state index contributed by atoms with van der Waals surface area (Å²) in [5, 5.41) is 4.46. The summed E-state index contributed by atoms with van der Waals surface area (Å²) in [5.41, 5.74) is 5.09. The monoisotopic (exact) mass is 726 g/mol. The number of aromatic nitrogens is 6. The molecule has 1 spiro atoms. The van der Waals surface area contributed by atoms with Crippen molar-refractivity contribution in [1.82, 2.24) is 39.5 Å². The third-order valence-electron chi connectivity index (χ3n) is 10.2. The fraction of sp³-hybridized carbons (Fsp3) is 0.438. The number of alkyl halides is 1. The van der Waals surface area contributed by atoms with E-state index in [1.807, 2.05) is 4.90 Å². The van der Waals surface area contributed by atoms with Gasteiger partial charge in [0.15, 0.2) is 10.9 Å². The Morgan fingerprint density at radius 2 is 2.02 bits per heavy atom. The first-order chi connectivity index (χ1) is 24.1. The van der Waals surface area contributed by atoms with Crippen molar-refractivity contribution in [1.29, 1.82) is 0 Å². The van der Waals surface area contributed by atoms with Crippen LogP contribution in [-0.2, 0) is 4.74 Å². The van der Waals surface area contributed by atoms with Gasteiger partial charge in [-0.25, -0.2) is 27.9 Å². The number of thiazole rings is 1. The Morgan fingerprint density at radius 3 is 2.84 bits per heavy atom. The molecule has 4 saturated heterocycles. The van der Waals surface area contributed by atoms with Crippen LogP contribution in [0, 0.1) is 11.6 Å². The molecule has 0 saturated carbocycles. The van der Waals surface area contributed by atoms with Crippen molar-refractivity contribution in [2.75, 3.05) is 63.1 Å². The topological polar surface area (TPSA) is 141 Å². The molecule has 0 bridgehead atoms. The number of ether oxygens (including phenoxy) is 2. The van der Waals surface area contributed by atoms with Crippen molar-refractivity contribution in [2.24, 2.45) is 0 Å². The molecule has 0 radical (unpaired) electrons. The molecule has 260 valence electrons. The molecule has 4 fully saturated rings. The van der Waals surface area contributed by atoms with Gasteiger partial charge in [0, 0.05) is 36.0 Å². The molecular weight excluding hydrogens is 697 g/mol. The number of anilines is 2. The molecule has 2 atom stereocenters. The summed E-state index contributed by atoms with van der Waals surface area (Å²) in [6.07, 6.45) is 3.74. The summed E-state index contributed by atoms with van der Waals surface area (Å²) in [4.78, 5) is 36.1. The van der Waals surface area contributed by atoms with Gasteiger partial charge in [-0.05, 0) is 37.6 Å². The second-order valence-electron chi connectivity index (χ2n) is 13.4. The Hall–Kier alpha value is -4.32. The largest absolute Gasteiger partial charge is 0.461 e. The van der Waals surface area contributed by atoms with E-state index in [9.17, 15) is 13.6 Å². The van der Waals surface area contributed by atoms with Gasteiger partial charge < -0.3 is 25.0 Å². The highest BCUT2D eigenvalue weighted by molar-refractivity contribution is 7.22. The fourth-order valence-electron chi connectivity index (χ4n) is 8.00. The van der Waals surface area contributed by atoms with E-state index in [0.29, 0.717) is 57.0 Å². The molecule has 1 amide bonds. The van der Waals surface area contributed by atoms with Gasteiger partial charge >= 0.3 is 12.0 Å². The zero-order chi connectivity index (χ0) is 34.4. The molecule has 0 aliphatic carbocycles. The van der Waals surface area contributed by atoms with Crippen molar-refractivity contribution in [3.63, 3.8) is 0 Å². The summed E-state index contributed by atoms with van der Waals surface area (Å²) in [7, 11) is 0. The fourth-order valence-corrected chi connectivity index (χ4v) is 9.06. The zero-order valence-electron chi connectivity index (χ0n) is 26.5. The van der Waals surface area contributed by atoms with Crippen LogP contribution in [0.1, 0.15) is 19.3 Å². The number of benzene rings is 2. The summed E-state index contributed by atoms with van der Waals surface area (Å²) in [6.45, 7) is 2.94. The molecule has 3 aromatic heterocycles. The number of carbonyl (C=O) groups is 1. The van der Waals surface area contributed by atoms with E-state index < -0.39 is 28.9 Å². The van der Waals surface area contributed by atoms with Crippen LogP contribution >= 0.6 is 22.9 Å². The van der Waals surface area contributed by atoms with E-state index in [1.165, 1.54) is 29.5 Å². The maximum Gasteiger partial charge on any atom is 0.346 e. The molecule has 4 aliphatic heterocycles. The maximum atomic E-state index is 16.9. The standard InChI is InChI=1S/C32H30ClF3N10O3S/c33-20-8-19-24(23(36)22(20)18-2-3-21(35)26-25(18)40-28(37)50-26)41-29(48-14-31-4-1-5-45(31)10-17(34)9-31)42-27(19)44-12-32(13-44)11-43(6-7-49-32)30(47)46-16-38-15-39-46/h2-3,8,15-17H,1,4-7,9-14H2,(H2,37,40)/t17-,31+/m1/s1. The summed E-state index contributed by atoms with van der Waals surface area (Å²) >= 11 is 7.77. The van der Waals surface area contributed by atoms with Gasteiger partial charge in [-0.3, -0.25) is 4.90 Å². The smallest absolute Gasteiger partial charge is 0.346 e. The average molecular weight is 727 g/mol. The minimum Gasteiger partial charge on any atom is -0.461 e. The quantitative estimate of drug-likeness (QED) is 0.273. The Morgan fingerprint density at radius 1 is 1.16 bits per heavy atom. The molecular formula is C32H30ClF3N10O3S. The molecule has 13 nitrogen and oxygen atoms in total. The Bertz CT molecular complexity index is 2170. The molecule has 7 heterocycles. The van der Waals surface area contributed by atoms with E-state index in [4.69, 9.17) is 31.8 Å². The van der Waals surface area contributed by atoms with Crippen LogP contribution in [0.25, 0.3) is 32.2 Å². The second-order valence-corrected chi connectivity index (χ2v) is 14.8. The lowest BCUT2D eigenvalue weighted by Gasteiger charge is -2.54. The van der Waals surface area contributed by atoms with Crippen molar-refractivity contribution in [2.45, 2.75) is 36.6 Å². The van der Waals surface area contributed by atoms with E-state index in [0.717, 1.165) is 30.7 Å². The lowest BCUT2D eigenvalue weighted by Crippen LogP contribution is -2.71. The van der Waals surface area contributed by atoms with E-state index in [2.05, 4.69) is 25.0 Å². The first-order valence-electron chi connectivity index (χ1n) is 16.2. The van der Waals surface area contributed by atoms with Gasteiger partial charge in [-0.1, -0.05) is 22.9 Å². The number of morpholine rings is 1. The van der Waals surface area contributed by atoms with Gasteiger partial charge in [-0.15, -0.1) is 0 Å². The SMILES string of the molecule is Nc1nc2c(-c3c(Cl)cc4c(N5CC6(CN(C(=O)n7cncn7)CCO6)C5)nc(OC[C@@]56CCCN5C[C@H](F)C6)nc4c3F)ccc(F)c2s1. The van der Waals surface area contributed by atoms with Crippen LogP contribution in [0.3, 0.4) is 0 Å². The predicted molar refractivity (Wildman–Crippen MR) is 179 cm³/mol. The maximum absolute atomic E-state index is 16.9. The lowest BCUT2D eigenvalue weighted by molar-refractivity contribution is -0.112. The minimum absolute atomic E-state index is 0.0142. The molecule has 5 aromatic rings. The molecule has 18 heteroatoms. The first-order valence-corrected chi connectivity index (χ1v) is 17.4. The Balaban J connectivity index is 1.10. The number of nitrogen functional groups attached to an aromatic ring is 1. The molecule has 4 aliphatic rings. The van der Waals surface area contributed by atoms with Gasteiger partial charge in [-0.2, -0.15) is 19.7 Å². The number of hydrogen-bond donors (Lipinski definition) is 1. The normalized spacial score (nSPS) is 23.2. The highest BCUT2D eigenvalue weighted by Crippen LogP contribution is 2.45. The molecule has 9 rings (SSSR count). The third kappa shape index (κ3) is 5.04. The van der Waals surface area contributed by atoms with Gasteiger partial charge in [0.2, 0.25) is 0 Å². The number of carbonyl (C=O) groups excluding carboxylic acids is 1. The third-order valence-corrected chi connectivity index (χ3v) is 11.4. The lowest BCUT2D eigenvalue weighted by atomic mass is 9.91. The highest BCUT2D eigenvalue weighted by Gasteiger charge is 2.51. The number of nitrogens with zero attached hydrogens (tertiary/aromatic N) is 9. The van der Waals surface area contributed by atoms with Crippen molar-refractivity contribution < 1.29 is 27.4 Å². The number of rotatable bonds is 5. The van der Waals surface area contributed by atoms with Crippen LogP contribution in [-0.4, -0.2) is 115 Å². The Kier molecular flexibility index (Phi) is 7.35. The number of hydrogen-bond acceptors (Lipinski definition) is 12. The van der Waals surface area contributed by atoms with Crippen molar-refractivity contribution >= 4 is 61.0 Å². The minimum atomic E-state index is -0.954. The molecule has 50 heavy (non-hydrogen) atoms. The number of nitrogens with two attached hydrogens (primary N) is 1.